The fraction of sp³-hybridized carbons (Fsp3) is 0.565. The van der Waals surface area contributed by atoms with Crippen molar-refractivity contribution in [3.8, 4) is 11.5 Å². The summed E-state index contributed by atoms with van der Waals surface area (Å²) in [6, 6.07) is 8.36. The van der Waals surface area contributed by atoms with E-state index in [1.54, 1.807) is 0 Å². The van der Waals surface area contributed by atoms with E-state index in [-0.39, 0.29) is 0 Å². The average Bonchev–Trinajstić information content (AvgIpc) is 3.34. The maximum atomic E-state index is 5.50. The first kappa shape index (κ1) is 21.5. The second kappa shape index (κ2) is 9.60. The Morgan fingerprint density at radius 3 is 2.61 bits per heavy atom. The number of ether oxygens (including phenoxy) is 2. The van der Waals surface area contributed by atoms with Crippen LogP contribution in [0.3, 0.4) is 0 Å². The third kappa shape index (κ3) is 5.31. The predicted molar refractivity (Wildman–Crippen MR) is 122 cm³/mol. The highest BCUT2D eigenvalue weighted by Crippen LogP contribution is 2.32. The van der Waals surface area contributed by atoms with E-state index < -0.39 is 0 Å². The molecule has 168 valence electrons. The van der Waals surface area contributed by atoms with Crippen molar-refractivity contribution in [2.24, 2.45) is 10.9 Å². The molecule has 1 atom stereocenters. The van der Waals surface area contributed by atoms with Gasteiger partial charge < -0.3 is 19.7 Å². The summed E-state index contributed by atoms with van der Waals surface area (Å²) in [6.45, 7) is 13.4. The molecule has 1 saturated heterocycles. The van der Waals surface area contributed by atoms with Crippen LogP contribution in [0.15, 0.2) is 29.3 Å². The summed E-state index contributed by atoms with van der Waals surface area (Å²) in [4.78, 5) is 9.35. The Morgan fingerprint density at radius 2 is 1.90 bits per heavy atom. The van der Waals surface area contributed by atoms with Crippen molar-refractivity contribution in [1.29, 1.82) is 0 Å². The standard InChI is InChI=1S/C23H34N6O2/c1-17(14-29-19(3)11-18(2)26-29)13-25-23(24-4)28-9-7-27(8-10-28)15-20-5-6-21-22(12-20)31-16-30-21/h5-6,11-12,17H,7-10,13-16H2,1-4H3,(H,24,25). The van der Waals surface area contributed by atoms with E-state index in [1.165, 1.54) is 11.3 Å². The van der Waals surface area contributed by atoms with E-state index in [9.17, 15) is 0 Å². The number of benzene rings is 1. The number of rotatable bonds is 6. The Kier molecular flexibility index (Phi) is 6.65. The number of aliphatic imine (C=N–C) groups is 1. The van der Waals surface area contributed by atoms with Gasteiger partial charge >= 0.3 is 0 Å². The van der Waals surface area contributed by atoms with Gasteiger partial charge in [0.15, 0.2) is 17.5 Å². The molecule has 8 nitrogen and oxygen atoms in total. The second-order valence-electron chi connectivity index (χ2n) is 8.59. The van der Waals surface area contributed by atoms with Crippen LogP contribution in [0.1, 0.15) is 23.9 Å². The number of hydrogen-bond acceptors (Lipinski definition) is 5. The molecular weight excluding hydrogens is 392 g/mol. The molecule has 8 heteroatoms. The van der Waals surface area contributed by atoms with Crippen molar-refractivity contribution in [2.45, 2.75) is 33.9 Å². The van der Waals surface area contributed by atoms with Gasteiger partial charge in [-0.2, -0.15) is 5.10 Å². The molecule has 1 fully saturated rings. The van der Waals surface area contributed by atoms with E-state index >= 15 is 0 Å². The second-order valence-corrected chi connectivity index (χ2v) is 8.59. The minimum absolute atomic E-state index is 0.323. The van der Waals surface area contributed by atoms with Gasteiger partial charge in [0.05, 0.1) is 5.69 Å². The van der Waals surface area contributed by atoms with Crippen LogP contribution in [-0.2, 0) is 13.1 Å². The average molecular weight is 427 g/mol. The fourth-order valence-electron chi connectivity index (χ4n) is 4.23. The lowest BCUT2D eigenvalue weighted by molar-refractivity contribution is 0.170. The molecule has 31 heavy (non-hydrogen) atoms. The number of nitrogens with one attached hydrogen (secondary N) is 1. The van der Waals surface area contributed by atoms with Crippen molar-refractivity contribution in [3.63, 3.8) is 0 Å². The molecule has 0 saturated carbocycles. The van der Waals surface area contributed by atoms with E-state index in [4.69, 9.17) is 9.47 Å². The summed E-state index contributed by atoms with van der Waals surface area (Å²) < 4.78 is 13.0. The third-order valence-electron chi connectivity index (χ3n) is 5.92. The van der Waals surface area contributed by atoms with Gasteiger partial charge in [0.25, 0.3) is 0 Å². The van der Waals surface area contributed by atoms with Crippen LogP contribution in [-0.4, -0.2) is 72.1 Å². The molecule has 0 amide bonds. The van der Waals surface area contributed by atoms with E-state index in [0.717, 1.165) is 69.0 Å². The summed E-state index contributed by atoms with van der Waals surface area (Å²) in [6.07, 6.45) is 0. The molecule has 2 aliphatic heterocycles. The van der Waals surface area contributed by atoms with Crippen LogP contribution >= 0.6 is 0 Å². The first-order valence-electron chi connectivity index (χ1n) is 11.1. The quantitative estimate of drug-likeness (QED) is 0.565. The lowest BCUT2D eigenvalue weighted by Crippen LogP contribution is -2.52. The van der Waals surface area contributed by atoms with Crippen molar-refractivity contribution in [3.05, 3.63) is 41.2 Å². The molecule has 0 spiro atoms. The molecule has 2 aromatic rings. The van der Waals surface area contributed by atoms with Crippen LogP contribution in [0.5, 0.6) is 11.5 Å². The van der Waals surface area contributed by atoms with Gasteiger partial charge in [0.1, 0.15) is 0 Å². The number of aryl methyl sites for hydroxylation is 2. The van der Waals surface area contributed by atoms with Crippen molar-refractivity contribution in [2.75, 3.05) is 46.6 Å². The largest absolute Gasteiger partial charge is 0.454 e. The van der Waals surface area contributed by atoms with Crippen LogP contribution in [0.25, 0.3) is 0 Å². The van der Waals surface area contributed by atoms with Gasteiger partial charge in [-0.25, -0.2) is 0 Å². The Labute approximate surface area is 184 Å². The predicted octanol–water partition coefficient (Wildman–Crippen LogP) is 2.26. The first-order chi connectivity index (χ1) is 15.0. The van der Waals surface area contributed by atoms with E-state index in [0.29, 0.717) is 12.7 Å². The normalized spacial score (nSPS) is 17.8. The molecule has 1 aromatic heterocycles. The van der Waals surface area contributed by atoms with Gasteiger partial charge in [0, 0.05) is 58.6 Å². The highest BCUT2D eigenvalue weighted by Gasteiger charge is 2.21. The molecular formula is C23H34N6O2. The van der Waals surface area contributed by atoms with E-state index in [1.807, 2.05) is 20.0 Å². The molecule has 1 unspecified atom stereocenters. The summed E-state index contributed by atoms with van der Waals surface area (Å²) in [7, 11) is 1.87. The topological polar surface area (TPSA) is 67.2 Å². The maximum Gasteiger partial charge on any atom is 0.231 e. The summed E-state index contributed by atoms with van der Waals surface area (Å²) in [5, 5.41) is 8.14. The van der Waals surface area contributed by atoms with E-state index in [2.05, 4.69) is 61.9 Å². The number of nitrogens with zero attached hydrogens (tertiary/aromatic N) is 5. The smallest absolute Gasteiger partial charge is 0.231 e. The monoisotopic (exact) mass is 426 g/mol. The molecule has 0 radical (unpaired) electrons. The SMILES string of the molecule is CN=C(NCC(C)Cn1nc(C)cc1C)N1CCN(Cc2ccc3c(c2)OCO3)CC1. The number of hydrogen-bond donors (Lipinski definition) is 1. The molecule has 0 bridgehead atoms. The Bertz CT molecular complexity index is 917. The lowest BCUT2D eigenvalue weighted by Gasteiger charge is -2.36. The molecule has 1 N–H and O–H groups in total. The van der Waals surface area contributed by atoms with Gasteiger partial charge in [-0.1, -0.05) is 13.0 Å². The number of guanidine groups is 1. The van der Waals surface area contributed by atoms with Crippen molar-refractivity contribution >= 4 is 5.96 Å². The first-order valence-corrected chi connectivity index (χ1v) is 11.1. The van der Waals surface area contributed by atoms with Gasteiger partial charge in [-0.3, -0.25) is 14.6 Å². The minimum Gasteiger partial charge on any atom is -0.454 e. The summed E-state index contributed by atoms with van der Waals surface area (Å²) in [5.74, 6) is 3.15. The zero-order valence-corrected chi connectivity index (χ0v) is 19.1. The molecule has 1 aromatic carbocycles. The Morgan fingerprint density at radius 1 is 1.13 bits per heavy atom. The Balaban J connectivity index is 1.23. The highest BCUT2D eigenvalue weighted by atomic mass is 16.7. The molecule has 4 rings (SSSR count). The zero-order valence-electron chi connectivity index (χ0n) is 19.1. The van der Waals surface area contributed by atoms with Crippen LogP contribution < -0.4 is 14.8 Å². The number of aromatic nitrogens is 2. The highest BCUT2D eigenvalue weighted by molar-refractivity contribution is 5.80. The third-order valence-corrected chi connectivity index (χ3v) is 5.92. The molecule has 2 aliphatic rings. The number of fused-ring (bicyclic) bond motifs is 1. The summed E-state index contributed by atoms with van der Waals surface area (Å²) >= 11 is 0. The number of piperazine rings is 1. The maximum absolute atomic E-state index is 5.50. The van der Waals surface area contributed by atoms with Gasteiger partial charge in [-0.05, 0) is 43.5 Å². The van der Waals surface area contributed by atoms with Crippen LogP contribution in [0.2, 0.25) is 0 Å². The lowest BCUT2D eigenvalue weighted by atomic mass is 10.1. The summed E-state index contributed by atoms with van der Waals surface area (Å²) in [5.41, 5.74) is 3.55. The minimum atomic E-state index is 0.323. The Hall–Kier alpha value is -2.74. The van der Waals surface area contributed by atoms with Crippen LogP contribution in [0, 0.1) is 19.8 Å². The van der Waals surface area contributed by atoms with Crippen molar-refractivity contribution in [1.82, 2.24) is 24.9 Å². The van der Waals surface area contributed by atoms with Gasteiger partial charge in [-0.15, -0.1) is 0 Å². The molecule has 3 heterocycles. The van der Waals surface area contributed by atoms with Crippen LogP contribution in [0.4, 0.5) is 0 Å². The van der Waals surface area contributed by atoms with Gasteiger partial charge in [0.2, 0.25) is 6.79 Å². The van der Waals surface area contributed by atoms with Crippen molar-refractivity contribution < 1.29 is 9.47 Å². The fourth-order valence-corrected chi connectivity index (χ4v) is 4.23. The molecule has 0 aliphatic carbocycles. The zero-order chi connectivity index (χ0) is 21.8.